The Labute approximate surface area is 322 Å². The fourth-order valence-electron chi connectivity index (χ4n) is 9.58. The lowest BCUT2D eigenvalue weighted by Crippen LogP contribution is -2.54. The van der Waals surface area contributed by atoms with E-state index < -0.39 is 26.4 Å². The standard InChI is InChI=1S/C41H50N6O7S/c1-27(2)32-6-3-4-7-33(32)35-8-5-13-46(35)30-23-41(24-30)11-14-45(15-12-41)29-9-10-34(40(42)48)38(20-29)55(51,52)31-21-36(47(49)50)39-37(22-31)54-26-28(43-39)25-44-16-18-53-19-17-44/h3-4,6-7,9-10,20-22,28,30,35,43H,1,5,8,11-19,23-26H2,2H3,(H2,42,48)/t28-,35+/m1/s1. The normalized spacial score (nSPS) is 23.0. The number of sulfone groups is 1. The molecule has 14 heteroatoms. The van der Waals surface area contributed by atoms with Gasteiger partial charge in [0.25, 0.3) is 5.69 Å². The van der Waals surface area contributed by atoms with E-state index in [-0.39, 0.29) is 44.9 Å². The Bertz CT molecular complexity index is 2100. The molecule has 2 atom stereocenters. The number of carbonyl (C=O) groups excluding carboxylic acids is 1. The first-order valence-corrected chi connectivity index (χ1v) is 20.9. The quantitative estimate of drug-likeness (QED) is 0.194. The smallest absolute Gasteiger partial charge is 0.297 e. The lowest BCUT2D eigenvalue weighted by Gasteiger charge is -2.56. The average Bonchev–Trinajstić information content (AvgIpc) is 3.66. The van der Waals surface area contributed by atoms with Crippen LogP contribution in [0.4, 0.5) is 17.1 Å². The summed E-state index contributed by atoms with van der Waals surface area (Å²) in [6.07, 6.45) is 6.61. The van der Waals surface area contributed by atoms with Gasteiger partial charge in [0.15, 0.2) is 11.4 Å². The molecule has 0 bridgehead atoms. The number of nitrogens with zero attached hydrogens (tertiary/aromatic N) is 4. The van der Waals surface area contributed by atoms with E-state index in [0.29, 0.717) is 37.5 Å². The van der Waals surface area contributed by atoms with Gasteiger partial charge >= 0.3 is 0 Å². The van der Waals surface area contributed by atoms with Crippen LogP contribution < -0.4 is 20.7 Å². The van der Waals surface area contributed by atoms with Gasteiger partial charge in [0, 0.05) is 62.6 Å². The predicted molar refractivity (Wildman–Crippen MR) is 210 cm³/mol. The summed E-state index contributed by atoms with van der Waals surface area (Å²) >= 11 is 0. The van der Waals surface area contributed by atoms with Crippen LogP contribution >= 0.6 is 0 Å². The van der Waals surface area contributed by atoms with Crippen molar-refractivity contribution >= 4 is 38.4 Å². The Hall–Kier alpha value is -4.50. The summed E-state index contributed by atoms with van der Waals surface area (Å²) in [4.78, 5) is 30.8. The number of hydrogen-bond donors (Lipinski definition) is 2. The van der Waals surface area contributed by atoms with Crippen LogP contribution in [0.25, 0.3) is 5.57 Å². The number of allylic oxidation sites excluding steroid dienone is 1. The van der Waals surface area contributed by atoms with E-state index in [9.17, 15) is 23.3 Å². The summed E-state index contributed by atoms with van der Waals surface area (Å²) in [5.74, 6) is -0.825. The van der Waals surface area contributed by atoms with E-state index in [1.54, 1.807) is 6.07 Å². The fraction of sp³-hybridized carbons (Fsp3) is 0.488. The number of hydrogen-bond acceptors (Lipinski definition) is 11. The molecular formula is C41H50N6O7S. The van der Waals surface area contributed by atoms with Crippen LogP contribution in [0.3, 0.4) is 0 Å². The van der Waals surface area contributed by atoms with Gasteiger partial charge in [-0.05, 0) is 86.7 Å². The Balaban J connectivity index is 0.981. The van der Waals surface area contributed by atoms with Crippen molar-refractivity contribution < 1.29 is 27.6 Å². The molecule has 0 unspecified atom stereocenters. The minimum atomic E-state index is -4.44. The van der Waals surface area contributed by atoms with Crippen molar-refractivity contribution in [1.82, 2.24) is 9.80 Å². The van der Waals surface area contributed by atoms with Gasteiger partial charge in [-0.15, -0.1) is 0 Å². The molecule has 8 rings (SSSR count). The maximum absolute atomic E-state index is 14.3. The van der Waals surface area contributed by atoms with E-state index in [1.165, 1.54) is 35.7 Å². The first kappa shape index (κ1) is 37.4. The minimum Gasteiger partial charge on any atom is -0.489 e. The summed E-state index contributed by atoms with van der Waals surface area (Å²) in [5, 5.41) is 15.5. The first-order chi connectivity index (χ1) is 26.4. The molecule has 5 aliphatic rings. The molecular weight excluding hydrogens is 721 g/mol. The van der Waals surface area contributed by atoms with E-state index in [4.69, 9.17) is 15.2 Å². The molecule has 4 fully saturated rings. The van der Waals surface area contributed by atoms with Gasteiger partial charge in [0.1, 0.15) is 6.61 Å². The SMILES string of the molecule is C=C(C)c1ccccc1[C@@H]1CCCN1C1CC2(CCN(c3ccc(C(N)=O)c(S(=O)(=O)c4cc5c(c([N+](=O)[O-])c4)N[C@H](CN4CCOCC4)CO5)c3)CC2)C1. The monoisotopic (exact) mass is 770 g/mol. The molecule has 0 aromatic heterocycles. The highest BCUT2D eigenvalue weighted by molar-refractivity contribution is 7.91. The molecule has 3 saturated heterocycles. The molecule has 292 valence electrons. The van der Waals surface area contributed by atoms with Crippen molar-refractivity contribution in [2.75, 3.05) is 69.3 Å². The predicted octanol–water partition coefficient (Wildman–Crippen LogP) is 5.65. The third kappa shape index (κ3) is 7.21. The number of ether oxygens (including phenoxy) is 2. The van der Waals surface area contributed by atoms with Crippen LogP contribution in [0.2, 0.25) is 0 Å². The topological polar surface area (TPSA) is 161 Å². The van der Waals surface area contributed by atoms with Crippen molar-refractivity contribution in [2.45, 2.75) is 73.4 Å². The summed E-state index contributed by atoms with van der Waals surface area (Å²) < 4.78 is 40.1. The number of nitro groups is 1. The number of nitro benzene ring substituents is 1. The molecule has 4 heterocycles. The Morgan fingerprint density at radius 1 is 1.04 bits per heavy atom. The number of rotatable bonds is 10. The number of piperidine rings is 1. The van der Waals surface area contributed by atoms with E-state index in [0.717, 1.165) is 76.5 Å². The molecule has 3 aromatic carbocycles. The van der Waals surface area contributed by atoms with E-state index >= 15 is 0 Å². The van der Waals surface area contributed by atoms with Gasteiger partial charge in [-0.3, -0.25) is 24.7 Å². The summed E-state index contributed by atoms with van der Waals surface area (Å²) in [7, 11) is -4.44. The maximum atomic E-state index is 14.3. The first-order valence-electron chi connectivity index (χ1n) is 19.4. The molecule has 55 heavy (non-hydrogen) atoms. The number of anilines is 2. The van der Waals surface area contributed by atoms with Gasteiger partial charge in [-0.1, -0.05) is 36.4 Å². The number of carbonyl (C=O) groups is 1. The van der Waals surface area contributed by atoms with Crippen LogP contribution in [0.5, 0.6) is 5.75 Å². The van der Waals surface area contributed by atoms with Crippen molar-refractivity contribution in [1.29, 1.82) is 0 Å². The largest absolute Gasteiger partial charge is 0.489 e. The van der Waals surface area contributed by atoms with Gasteiger partial charge in [0.05, 0.1) is 39.5 Å². The van der Waals surface area contributed by atoms with Crippen LogP contribution in [0.15, 0.2) is 71.0 Å². The number of primary amides is 1. The molecule has 13 nitrogen and oxygen atoms in total. The number of morpholine rings is 1. The highest BCUT2D eigenvalue weighted by Crippen LogP contribution is 2.54. The van der Waals surface area contributed by atoms with Gasteiger partial charge in [-0.25, -0.2) is 8.42 Å². The number of amides is 1. The summed E-state index contributed by atoms with van der Waals surface area (Å²) in [6.45, 7) is 12.4. The Morgan fingerprint density at radius 2 is 1.78 bits per heavy atom. The van der Waals surface area contributed by atoms with Gasteiger partial charge < -0.3 is 25.4 Å². The summed E-state index contributed by atoms with van der Waals surface area (Å²) in [5.41, 5.74) is 9.93. The number of likely N-dealkylation sites (tertiary alicyclic amines) is 1. The Kier molecular flexibility index (Phi) is 10.1. The third-order valence-electron chi connectivity index (χ3n) is 12.5. The number of nitrogens with one attached hydrogen (secondary N) is 1. The number of nitrogens with two attached hydrogens (primary N) is 1. The van der Waals surface area contributed by atoms with Crippen LogP contribution in [0, 0.1) is 15.5 Å². The Morgan fingerprint density at radius 3 is 2.49 bits per heavy atom. The molecule has 3 N–H and O–H groups in total. The average molecular weight is 771 g/mol. The molecule has 1 saturated carbocycles. The highest BCUT2D eigenvalue weighted by atomic mass is 32.2. The minimum absolute atomic E-state index is 0.0724. The maximum Gasteiger partial charge on any atom is 0.297 e. The van der Waals surface area contributed by atoms with Crippen LogP contribution in [-0.4, -0.2) is 100 Å². The highest BCUT2D eigenvalue weighted by Gasteiger charge is 2.50. The van der Waals surface area contributed by atoms with Crippen molar-refractivity contribution in [3.8, 4) is 5.75 Å². The zero-order valence-electron chi connectivity index (χ0n) is 31.4. The van der Waals surface area contributed by atoms with E-state index in [2.05, 4.69) is 57.8 Å². The molecule has 0 radical (unpaired) electrons. The molecule has 1 aliphatic carbocycles. The van der Waals surface area contributed by atoms with Crippen molar-refractivity contribution in [3.63, 3.8) is 0 Å². The molecule has 1 spiro atoms. The zero-order valence-corrected chi connectivity index (χ0v) is 32.2. The van der Waals surface area contributed by atoms with Gasteiger partial charge in [0.2, 0.25) is 15.7 Å². The van der Waals surface area contributed by atoms with Crippen molar-refractivity contribution in [3.05, 3.63) is 88.0 Å². The molecule has 4 aliphatic heterocycles. The summed E-state index contributed by atoms with van der Waals surface area (Å²) in [6, 6.07) is 16.4. The van der Waals surface area contributed by atoms with Crippen molar-refractivity contribution in [2.24, 2.45) is 11.1 Å². The zero-order chi connectivity index (χ0) is 38.5. The van der Waals surface area contributed by atoms with Crippen LogP contribution in [-0.2, 0) is 14.6 Å². The second kappa shape index (κ2) is 14.9. The number of fused-ring (bicyclic) bond motifs is 1. The molecule has 3 aromatic rings. The third-order valence-corrected chi connectivity index (χ3v) is 14.3. The fourth-order valence-corrected chi connectivity index (χ4v) is 11.1. The lowest BCUT2D eigenvalue weighted by atomic mass is 9.59. The van der Waals surface area contributed by atoms with Gasteiger partial charge in [-0.2, -0.15) is 0 Å². The van der Waals surface area contributed by atoms with Crippen LogP contribution in [0.1, 0.15) is 73.0 Å². The molecule has 1 amide bonds. The number of benzene rings is 3. The second-order valence-corrected chi connectivity index (χ2v) is 17.9. The second-order valence-electron chi connectivity index (χ2n) is 16.0. The van der Waals surface area contributed by atoms with E-state index in [1.807, 2.05) is 0 Å². The lowest BCUT2D eigenvalue weighted by molar-refractivity contribution is -0.384.